The SMILES string of the molecule is CCCNc1ccc(C(=O)N(C)CC(O)COC)cc1C. The predicted octanol–water partition coefficient (Wildman–Crippen LogP) is 1.90. The van der Waals surface area contributed by atoms with Gasteiger partial charge in [0.15, 0.2) is 0 Å². The summed E-state index contributed by atoms with van der Waals surface area (Å²) >= 11 is 0. The number of hydrogen-bond donors (Lipinski definition) is 2. The van der Waals surface area contributed by atoms with Crippen molar-refractivity contribution in [1.82, 2.24) is 4.90 Å². The van der Waals surface area contributed by atoms with E-state index in [9.17, 15) is 9.90 Å². The molecule has 1 aromatic carbocycles. The van der Waals surface area contributed by atoms with Crippen molar-refractivity contribution in [2.75, 3.05) is 39.2 Å². The average Bonchev–Trinajstić information content (AvgIpc) is 2.45. The Bertz CT molecular complexity index is 463. The van der Waals surface area contributed by atoms with Gasteiger partial charge < -0.3 is 20.1 Å². The molecule has 1 atom stereocenters. The van der Waals surface area contributed by atoms with Crippen LogP contribution < -0.4 is 5.32 Å². The van der Waals surface area contributed by atoms with E-state index in [-0.39, 0.29) is 19.1 Å². The molecule has 2 N–H and O–H groups in total. The van der Waals surface area contributed by atoms with Gasteiger partial charge in [0.1, 0.15) is 0 Å². The number of rotatable bonds is 8. The van der Waals surface area contributed by atoms with Crippen molar-refractivity contribution < 1.29 is 14.6 Å². The summed E-state index contributed by atoms with van der Waals surface area (Å²) in [6.45, 7) is 5.48. The van der Waals surface area contributed by atoms with Crippen LogP contribution in [0.25, 0.3) is 0 Å². The third kappa shape index (κ3) is 5.36. The van der Waals surface area contributed by atoms with Gasteiger partial charge in [-0.15, -0.1) is 0 Å². The highest BCUT2D eigenvalue weighted by Crippen LogP contribution is 2.17. The molecule has 0 fully saturated rings. The number of methoxy groups -OCH3 is 1. The number of aryl methyl sites for hydroxylation is 1. The fraction of sp³-hybridized carbons (Fsp3) is 0.562. The zero-order valence-electron chi connectivity index (χ0n) is 13.3. The first-order chi connectivity index (χ1) is 9.99. The lowest BCUT2D eigenvalue weighted by Gasteiger charge is -2.21. The van der Waals surface area contributed by atoms with Crippen LogP contribution in [0.3, 0.4) is 0 Å². The lowest BCUT2D eigenvalue weighted by Crippen LogP contribution is -2.36. The lowest BCUT2D eigenvalue weighted by atomic mass is 10.1. The first-order valence-corrected chi connectivity index (χ1v) is 7.26. The molecule has 5 heteroatoms. The quantitative estimate of drug-likeness (QED) is 0.768. The van der Waals surface area contributed by atoms with Crippen molar-refractivity contribution in [3.05, 3.63) is 29.3 Å². The third-order valence-electron chi connectivity index (χ3n) is 3.23. The number of carbonyl (C=O) groups is 1. The van der Waals surface area contributed by atoms with Crippen LogP contribution >= 0.6 is 0 Å². The molecule has 0 radical (unpaired) electrons. The number of benzene rings is 1. The van der Waals surface area contributed by atoms with E-state index in [4.69, 9.17) is 4.74 Å². The first-order valence-electron chi connectivity index (χ1n) is 7.26. The third-order valence-corrected chi connectivity index (χ3v) is 3.23. The minimum atomic E-state index is -0.671. The lowest BCUT2D eigenvalue weighted by molar-refractivity contribution is 0.0380. The minimum Gasteiger partial charge on any atom is -0.389 e. The fourth-order valence-electron chi connectivity index (χ4n) is 2.12. The minimum absolute atomic E-state index is 0.102. The van der Waals surface area contributed by atoms with Crippen LogP contribution in [0.2, 0.25) is 0 Å². The highest BCUT2D eigenvalue weighted by molar-refractivity contribution is 5.94. The normalized spacial score (nSPS) is 12.0. The summed E-state index contributed by atoms with van der Waals surface area (Å²) in [4.78, 5) is 13.8. The zero-order chi connectivity index (χ0) is 15.8. The van der Waals surface area contributed by atoms with Crippen LogP contribution in [0.4, 0.5) is 5.69 Å². The molecule has 5 nitrogen and oxygen atoms in total. The van der Waals surface area contributed by atoms with Crippen molar-refractivity contribution in [2.24, 2.45) is 0 Å². The summed E-state index contributed by atoms with van der Waals surface area (Å²) in [6.07, 6.45) is 0.385. The first kappa shape index (κ1) is 17.5. The summed E-state index contributed by atoms with van der Waals surface area (Å²) in [5.41, 5.74) is 2.72. The molecule has 0 aliphatic heterocycles. The van der Waals surface area contributed by atoms with E-state index in [2.05, 4.69) is 12.2 Å². The number of nitrogens with one attached hydrogen (secondary N) is 1. The van der Waals surface area contributed by atoms with Gasteiger partial charge in [-0.3, -0.25) is 4.79 Å². The Morgan fingerprint density at radius 3 is 2.76 bits per heavy atom. The molecule has 0 aliphatic rings. The molecule has 1 rings (SSSR count). The van der Waals surface area contributed by atoms with Crippen LogP contribution in [0.1, 0.15) is 29.3 Å². The molecule has 0 heterocycles. The second-order valence-electron chi connectivity index (χ2n) is 5.25. The summed E-state index contributed by atoms with van der Waals surface area (Å²) in [5.74, 6) is -0.102. The second-order valence-corrected chi connectivity index (χ2v) is 5.25. The summed E-state index contributed by atoms with van der Waals surface area (Å²) < 4.78 is 4.87. The van der Waals surface area contributed by atoms with Crippen molar-refractivity contribution in [2.45, 2.75) is 26.4 Å². The Kier molecular flexibility index (Phi) is 7.19. The topological polar surface area (TPSA) is 61.8 Å². The highest BCUT2D eigenvalue weighted by atomic mass is 16.5. The molecule has 0 saturated heterocycles. The molecule has 21 heavy (non-hydrogen) atoms. The number of aliphatic hydroxyl groups excluding tert-OH is 1. The van der Waals surface area contributed by atoms with Gasteiger partial charge in [-0.25, -0.2) is 0 Å². The molecular weight excluding hydrogens is 268 g/mol. The average molecular weight is 294 g/mol. The van der Waals surface area contributed by atoms with Crippen molar-refractivity contribution in [3.8, 4) is 0 Å². The van der Waals surface area contributed by atoms with Crippen molar-refractivity contribution in [1.29, 1.82) is 0 Å². The number of hydrogen-bond acceptors (Lipinski definition) is 4. The number of amides is 1. The molecule has 0 aliphatic carbocycles. The maximum absolute atomic E-state index is 12.3. The number of nitrogens with zero attached hydrogens (tertiary/aromatic N) is 1. The monoisotopic (exact) mass is 294 g/mol. The van der Waals surface area contributed by atoms with Gasteiger partial charge in [-0.1, -0.05) is 6.92 Å². The number of ether oxygens (including phenoxy) is 1. The maximum atomic E-state index is 12.3. The molecular formula is C16H26N2O3. The van der Waals surface area contributed by atoms with Crippen molar-refractivity contribution >= 4 is 11.6 Å². The highest BCUT2D eigenvalue weighted by Gasteiger charge is 2.16. The van der Waals surface area contributed by atoms with Gasteiger partial charge in [0.25, 0.3) is 5.91 Å². The Labute approximate surface area is 126 Å². The zero-order valence-corrected chi connectivity index (χ0v) is 13.3. The Balaban J connectivity index is 2.71. The van der Waals surface area contributed by atoms with Gasteiger partial charge in [0, 0.05) is 38.5 Å². The summed E-state index contributed by atoms with van der Waals surface area (Å²) in [7, 11) is 3.20. The van der Waals surface area contributed by atoms with E-state index < -0.39 is 6.10 Å². The molecule has 1 amide bonds. The molecule has 0 saturated carbocycles. The number of anilines is 1. The maximum Gasteiger partial charge on any atom is 0.253 e. The largest absolute Gasteiger partial charge is 0.389 e. The van der Waals surface area contributed by atoms with E-state index in [1.165, 1.54) is 12.0 Å². The van der Waals surface area contributed by atoms with Crippen LogP contribution in [-0.2, 0) is 4.74 Å². The van der Waals surface area contributed by atoms with Crippen LogP contribution in [0, 0.1) is 6.92 Å². The molecule has 0 spiro atoms. The second kappa shape index (κ2) is 8.64. The van der Waals surface area contributed by atoms with Crippen LogP contribution in [-0.4, -0.2) is 55.9 Å². The smallest absolute Gasteiger partial charge is 0.253 e. The van der Waals surface area contributed by atoms with E-state index in [0.717, 1.165) is 24.2 Å². The van der Waals surface area contributed by atoms with Crippen LogP contribution in [0.15, 0.2) is 18.2 Å². The summed E-state index contributed by atoms with van der Waals surface area (Å²) in [6, 6.07) is 5.61. The number of carbonyl (C=O) groups excluding carboxylic acids is 1. The Hall–Kier alpha value is -1.59. The predicted molar refractivity (Wildman–Crippen MR) is 84.8 cm³/mol. The molecule has 1 aromatic rings. The molecule has 0 aromatic heterocycles. The van der Waals surface area contributed by atoms with Crippen molar-refractivity contribution in [3.63, 3.8) is 0 Å². The Morgan fingerprint density at radius 2 is 2.19 bits per heavy atom. The van der Waals surface area contributed by atoms with Gasteiger partial charge in [-0.05, 0) is 37.1 Å². The fourth-order valence-corrected chi connectivity index (χ4v) is 2.12. The van der Waals surface area contributed by atoms with E-state index in [0.29, 0.717) is 5.56 Å². The number of aliphatic hydroxyl groups is 1. The number of likely N-dealkylation sites (N-methyl/N-ethyl adjacent to an activating group) is 1. The van der Waals surface area contributed by atoms with E-state index in [1.54, 1.807) is 7.05 Å². The summed E-state index contributed by atoms with van der Waals surface area (Å²) in [5, 5.41) is 13.0. The standard InChI is InChI=1S/C16H26N2O3/c1-5-8-17-15-7-6-13(9-12(15)2)16(20)18(3)10-14(19)11-21-4/h6-7,9,14,17,19H,5,8,10-11H2,1-4H3. The van der Waals surface area contributed by atoms with E-state index >= 15 is 0 Å². The van der Waals surface area contributed by atoms with Gasteiger partial charge >= 0.3 is 0 Å². The van der Waals surface area contributed by atoms with Gasteiger partial charge in [0.2, 0.25) is 0 Å². The van der Waals surface area contributed by atoms with Gasteiger partial charge in [-0.2, -0.15) is 0 Å². The Morgan fingerprint density at radius 1 is 1.48 bits per heavy atom. The van der Waals surface area contributed by atoms with E-state index in [1.807, 2.05) is 25.1 Å². The molecule has 0 bridgehead atoms. The molecule has 1 unspecified atom stereocenters. The van der Waals surface area contributed by atoms with Crippen LogP contribution in [0.5, 0.6) is 0 Å². The van der Waals surface area contributed by atoms with Gasteiger partial charge in [0.05, 0.1) is 12.7 Å². The molecule has 118 valence electrons.